The molecule has 62 valence electrons. The maximum Gasteiger partial charge on any atom is 0.206 e. The molecule has 1 rings (SSSR count). The topological polar surface area (TPSA) is 72.3 Å². The standard InChI is InChI=1S/C9H6N4/c1-7-4-8(12-5-10)2-3-9(7)13-6-11/h2-4H,1H3/b12-8+,13-9+. The Balaban J connectivity index is 3.01. The molecule has 1 aliphatic carbocycles. The molecule has 0 radical (unpaired) electrons. The highest BCUT2D eigenvalue weighted by Gasteiger charge is 2.05. The zero-order chi connectivity index (χ0) is 9.68. The lowest BCUT2D eigenvalue weighted by Crippen LogP contribution is -2.05. The van der Waals surface area contributed by atoms with Crippen molar-refractivity contribution < 1.29 is 0 Å². The van der Waals surface area contributed by atoms with Crippen molar-refractivity contribution in [2.45, 2.75) is 6.92 Å². The predicted octanol–water partition coefficient (Wildman–Crippen LogP) is 1.35. The van der Waals surface area contributed by atoms with Crippen LogP contribution >= 0.6 is 0 Å². The van der Waals surface area contributed by atoms with Crippen LogP contribution in [0.15, 0.2) is 33.8 Å². The molecule has 0 aromatic rings. The molecule has 0 fully saturated rings. The minimum atomic E-state index is 0.580. The molecule has 0 amide bonds. The summed E-state index contributed by atoms with van der Waals surface area (Å²) in [5, 5.41) is 16.6. The van der Waals surface area contributed by atoms with Crippen LogP contribution in [0.2, 0.25) is 0 Å². The predicted molar refractivity (Wildman–Crippen MR) is 49.0 cm³/mol. The molecule has 0 aromatic carbocycles. The lowest BCUT2D eigenvalue weighted by Gasteiger charge is -2.04. The fourth-order valence-electron chi connectivity index (χ4n) is 0.946. The molecule has 4 heteroatoms. The summed E-state index contributed by atoms with van der Waals surface area (Å²) in [6, 6.07) is 0. The monoisotopic (exact) mass is 170 g/mol. The number of nitrogens with zero attached hydrogens (tertiary/aromatic N) is 4. The van der Waals surface area contributed by atoms with Gasteiger partial charge < -0.3 is 0 Å². The average Bonchev–Trinajstić information content (AvgIpc) is 2.10. The van der Waals surface area contributed by atoms with E-state index < -0.39 is 0 Å². The average molecular weight is 170 g/mol. The molecule has 0 N–H and O–H groups in total. The Morgan fingerprint density at radius 3 is 2.38 bits per heavy atom. The first-order valence-corrected chi connectivity index (χ1v) is 3.58. The molecule has 4 nitrogen and oxygen atoms in total. The second kappa shape index (κ2) is 3.99. The molecule has 0 spiro atoms. The van der Waals surface area contributed by atoms with Crippen molar-refractivity contribution in [3.8, 4) is 12.4 Å². The van der Waals surface area contributed by atoms with E-state index in [4.69, 9.17) is 10.5 Å². The molecular weight excluding hydrogens is 164 g/mol. The maximum absolute atomic E-state index is 8.32. The quantitative estimate of drug-likeness (QED) is 0.406. The van der Waals surface area contributed by atoms with Crippen LogP contribution in [0.3, 0.4) is 0 Å². The third-order valence-electron chi connectivity index (χ3n) is 1.53. The van der Waals surface area contributed by atoms with E-state index in [2.05, 4.69) is 9.98 Å². The lowest BCUT2D eigenvalue weighted by atomic mass is 10.0. The van der Waals surface area contributed by atoms with Gasteiger partial charge in [-0.15, -0.1) is 0 Å². The van der Waals surface area contributed by atoms with E-state index in [1.54, 1.807) is 30.6 Å². The Labute approximate surface area is 75.8 Å². The Morgan fingerprint density at radius 1 is 1.15 bits per heavy atom. The van der Waals surface area contributed by atoms with E-state index >= 15 is 0 Å². The second-order valence-electron chi connectivity index (χ2n) is 2.39. The highest BCUT2D eigenvalue weighted by atomic mass is 14.7. The van der Waals surface area contributed by atoms with Crippen molar-refractivity contribution in [2.24, 2.45) is 9.98 Å². The number of aliphatic imine (C=N–C) groups is 2. The maximum atomic E-state index is 8.32. The molecule has 0 saturated heterocycles. The molecule has 0 heterocycles. The Morgan fingerprint density at radius 2 is 1.85 bits per heavy atom. The van der Waals surface area contributed by atoms with Crippen LogP contribution < -0.4 is 0 Å². The zero-order valence-electron chi connectivity index (χ0n) is 7.02. The zero-order valence-corrected chi connectivity index (χ0v) is 7.02. The van der Waals surface area contributed by atoms with E-state index in [0.29, 0.717) is 11.4 Å². The molecule has 0 aliphatic heterocycles. The van der Waals surface area contributed by atoms with Crippen LogP contribution in [0.25, 0.3) is 0 Å². The number of rotatable bonds is 0. The minimum absolute atomic E-state index is 0.580. The van der Waals surface area contributed by atoms with Crippen LogP contribution in [0.1, 0.15) is 6.92 Å². The number of hydrogen-bond acceptors (Lipinski definition) is 4. The fourth-order valence-corrected chi connectivity index (χ4v) is 0.946. The molecule has 0 saturated carbocycles. The molecular formula is C9H6N4. The third-order valence-corrected chi connectivity index (χ3v) is 1.53. The lowest BCUT2D eigenvalue weighted by molar-refractivity contribution is 1.41. The molecule has 0 aromatic heterocycles. The molecule has 0 bridgehead atoms. The van der Waals surface area contributed by atoms with Crippen molar-refractivity contribution in [3.63, 3.8) is 0 Å². The summed E-state index contributed by atoms with van der Waals surface area (Å²) < 4.78 is 0. The van der Waals surface area contributed by atoms with Crippen molar-refractivity contribution >= 4 is 11.4 Å². The summed E-state index contributed by atoms with van der Waals surface area (Å²) in [5.41, 5.74) is 2.02. The van der Waals surface area contributed by atoms with E-state index in [0.717, 1.165) is 5.57 Å². The minimum Gasteiger partial charge on any atom is -0.174 e. The molecule has 0 atom stereocenters. The van der Waals surface area contributed by atoms with Crippen LogP contribution in [0.4, 0.5) is 0 Å². The summed E-state index contributed by atoms with van der Waals surface area (Å²) in [7, 11) is 0. The van der Waals surface area contributed by atoms with Gasteiger partial charge >= 0.3 is 0 Å². The van der Waals surface area contributed by atoms with Gasteiger partial charge in [0.25, 0.3) is 0 Å². The van der Waals surface area contributed by atoms with Gasteiger partial charge in [-0.25, -0.2) is 0 Å². The first kappa shape index (κ1) is 8.89. The first-order valence-electron chi connectivity index (χ1n) is 3.58. The van der Waals surface area contributed by atoms with Gasteiger partial charge in [0.15, 0.2) is 0 Å². The largest absolute Gasteiger partial charge is 0.206 e. The second-order valence-corrected chi connectivity index (χ2v) is 2.39. The number of allylic oxidation sites excluding steroid dienone is 4. The van der Waals surface area contributed by atoms with Crippen LogP contribution in [0, 0.1) is 22.9 Å². The summed E-state index contributed by atoms with van der Waals surface area (Å²) in [4.78, 5) is 7.14. The summed E-state index contributed by atoms with van der Waals surface area (Å²) in [5.74, 6) is 0. The van der Waals surface area contributed by atoms with Gasteiger partial charge in [0, 0.05) is 0 Å². The summed E-state index contributed by atoms with van der Waals surface area (Å²) >= 11 is 0. The van der Waals surface area contributed by atoms with Gasteiger partial charge in [-0.2, -0.15) is 20.5 Å². The number of nitriles is 2. The van der Waals surface area contributed by atoms with Gasteiger partial charge in [-0.05, 0) is 30.7 Å². The van der Waals surface area contributed by atoms with Crippen LogP contribution in [-0.2, 0) is 0 Å². The van der Waals surface area contributed by atoms with Gasteiger partial charge in [-0.3, -0.25) is 0 Å². The van der Waals surface area contributed by atoms with Gasteiger partial charge in [0.1, 0.15) is 0 Å². The van der Waals surface area contributed by atoms with Crippen molar-refractivity contribution in [1.82, 2.24) is 0 Å². The molecule has 1 aliphatic rings. The molecule has 13 heavy (non-hydrogen) atoms. The van der Waals surface area contributed by atoms with Crippen molar-refractivity contribution in [3.05, 3.63) is 23.8 Å². The van der Waals surface area contributed by atoms with E-state index in [1.807, 2.05) is 6.92 Å². The SMILES string of the molecule is CC1=CC(=N/C#N)/C=CC/1=N\C#N. The highest BCUT2D eigenvalue weighted by molar-refractivity contribution is 6.21. The molecule has 0 unspecified atom stereocenters. The van der Waals surface area contributed by atoms with Crippen molar-refractivity contribution in [2.75, 3.05) is 0 Å². The van der Waals surface area contributed by atoms with E-state index in [1.165, 1.54) is 0 Å². The van der Waals surface area contributed by atoms with E-state index in [-0.39, 0.29) is 0 Å². The van der Waals surface area contributed by atoms with Gasteiger partial charge in [-0.1, -0.05) is 0 Å². The Hall–Kier alpha value is -2.20. The first-order chi connectivity index (χ1) is 6.27. The van der Waals surface area contributed by atoms with Crippen LogP contribution in [0.5, 0.6) is 0 Å². The summed E-state index contributed by atoms with van der Waals surface area (Å²) in [6.45, 7) is 1.81. The van der Waals surface area contributed by atoms with Gasteiger partial charge in [0.2, 0.25) is 12.4 Å². The van der Waals surface area contributed by atoms with Gasteiger partial charge in [0.05, 0.1) is 11.4 Å². The Kier molecular flexibility index (Phi) is 2.73. The van der Waals surface area contributed by atoms with E-state index in [9.17, 15) is 0 Å². The number of hydrogen-bond donors (Lipinski definition) is 0. The van der Waals surface area contributed by atoms with Crippen LogP contribution in [-0.4, -0.2) is 11.4 Å². The fraction of sp³-hybridized carbons (Fsp3) is 0.111. The smallest absolute Gasteiger partial charge is 0.174 e. The highest BCUT2D eigenvalue weighted by Crippen LogP contribution is 2.06. The summed E-state index contributed by atoms with van der Waals surface area (Å²) in [6.07, 6.45) is 8.41. The Bertz CT molecular complexity index is 410. The van der Waals surface area contributed by atoms with Crippen molar-refractivity contribution in [1.29, 1.82) is 10.5 Å². The third kappa shape index (κ3) is 2.11. The normalized spacial score (nSPS) is 21.0.